The van der Waals surface area contributed by atoms with Crippen molar-refractivity contribution in [1.82, 2.24) is 4.90 Å². The summed E-state index contributed by atoms with van der Waals surface area (Å²) in [6.07, 6.45) is 1.72. The Hall–Kier alpha value is -1.90. The van der Waals surface area contributed by atoms with Crippen LogP contribution in [0.5, 0.6) is 0 Å². The number of aliphatic hydroxyl groups excluding tert-OH is 1. The van der Waals surface area contributed by atoms with Gasteiger partial charge in [-0.2, -0.15) is 0 Å². The van der Waals surface area contributed by atoms with Gasteiger partial charge in [-0.05, 0) is 43.2 Å². The summed E-state index contributed by atoms with van der Waals surface area (Å²) < 4.78 is 0.217. The summed E-state index contributed by atoms with van der Waals surface area (Å²) in [6.45, 7) is 4.83. The standard InChI is InChI=1S/C17H20N2O4S2/c1-3-18(6-7-20)13-5-4-12(11(2)8-13)9-14-16(23)19(10-15(21)22)17(24)25-14/h4-5,8-9,20H,3,6-7,10H2,1-2H3,(H,21,22)/p-1/b14-9-. The summed E-state index contributed by atoms with van der Waals surface area (Å²) in [5.74, 6) is -1.76. The van der Waals surface area contributed by atoms with Gasteiger partial charge in [-0.1, -0.05) is 30.0 Å². The number of rotatable bonds is 7. The van der Waals surface area contributed by atoms with Crippen LogP contribution in [-0.4, -0.2) is 52.4 Å². The molecule has 2 rings (SSSR count). The number of hydrogen-bond acceptors (Lipinski definition) is 7. The Morgan fingerprint density at radius 2 is 2.20 bits per heavy atom. The monoisotopic (exact) mass is 379 g/mol. The quantitative estimate of drug-likeness (QED) is 0.553. The van der Waals surface area contributed by atoms with Gasteiger partial charge in [-0.25, -0.2) is 0 Å². The molecule has 134 valence electrons. The maximum Gasteiger partial charge on any atom is 0.266 e. The maximum atomic E-state index is 12.3. The Bertz CT molecular complexity index is 733. The number of aliphatic carboxylic acids is 1. The van der Waals surface area contributed by atoms with Crippen molar-refractivity contribution in [3.63, 3.8) is 0 Å². The number of amides is 1. The molecule has 0 bridgehead atoms. The Morgan fingerprint density at radius 3 is 2.76 bits per heavy atom. The molecule has 25 heavy (non-hydrogen) atoms. The van der Waals surface area contributed by atoms with Crippen LogP contribution in [0.4, 0.5) is 5.69 Å². The van der Waals surface area contributed by atoms with Crippen LogP contribution in [-0.2, 0) is 9.59 Å². The van der Waals surface area contributed by atoms with Gasteiger partial charge in [0.1, 0.15) is 4.32 Å². The molecule has 0 unspecified atom stereocenters. The lowest BCUT2D eigenvalue weighted by Crippen LogP contribution is -2.40. The van der Waals surface area contributed by atoms with Gasteiger partial charge in [0.15, 0.2) is 0 Å². The first kappa shape index (κ1) is 19.4. The number of thioether (sulfide) groups is 1. The third-order valence-corrected chi connectivity index (χ3v) is 5.20. The largest absolute Gasteiger partial charge is 0.548 e. The van der Waals surface area contributed by atoms with E-state index >= 15 is 0 Å². The molecule has 0 atom stereocenters. The van der Waals surface area contributed by atoms with Crippen LogP contribution in [0.1, 0.15) is 18.1 Å². The molecular formula is C17H19N2O4S2-. The molecular weight excluding hydrogens is 360 g/mol. The van der Waals surface area contributed by atoms with Gasteiger partial charge >= 0.3 is 0 Å². The highest BCUT2D eigenvalue weighted by Crippen LogP contribution is 2.33. The third kappa shape index (κ3) is 4.59. The number of aliphatic hydroxyl groups is 1. The van der Waals surface area contributed by atoms with Crippen molar-refractivity contribution in [3.8, 4) is 0 Å². The Labute approximate surface area is 156 Å². The van der Waals surface area contributed by atoms with Gasteiger partial charge in [0, 0.05) is 18.8 Å². The second-order valence-corrected chi connectivity index (χ2v) is 7.16. The topological polar surface area (TPSA) is 83.9 Å². The van der Waals surface area contributed by atoms with Gasteiger partial charge in [-0.15, -0.1) is 0 Å². The fourth-order valence-corrected chi connectivity index (χ4v) is 3.76. The number of carbonyl (C=O) groups excluding carboxylic acids is 2. The summed E-state index contributed by atoms with van der Waals surface area (Å²) in [7, 11) is 0. The molecule has 8 heteroatoms. The highest BCUT2D eigenvalue weighted by Gasteiger charge is 2.31. The SMILES string of the molecule is CCN(CCO)c1ccc(/C=C2\SC(=S)N(CC(=O)[O-])C2=O)c(C)c1. The van der Waals surface area contributed by atoms with E-state index in [4.69, 9.17) is 17.3 Å². The van der Waals surface area contributed by atoms with Crippen molar-refractivity contribution >= 4 is 51.9 Å². The Morgan fingerprint density at radius 1 is 1.48 bits per heavy atom. The molecule has 1 saturated heterocycles. The number of anilines is 1. The van der Waals surface area contributed by atoms with Gasteiger partial charge < -0.3 is 19.9 Å². The van der Waals surface area contributed by atoms with E-state index in [0.717, 1.165) is 40.0 Å². The van der Waals surface area contributed by atoms with Gasteiger partial charge in [-0.3, -0.25) is 9.69 Å². The van der Waals surface area contributed by atoms with Crippen LogP contribution < -0.4 is 10.0 Å². The molecule has 1 aliphatic heterocycles. The number of likely N-dealkylation sites (N-methyl/N-ethyl adjacent to an activating group) is 1. The lowest BCUT2D eigenvalue weighted by molar-refractivity contribution is -0.305. The molecule has 6 nitrogen and oxygen atoms in total. The first-order valence-corrected chi connectivity index (χ1v) is 9.01. The van der Waals surface area contributed by atoms with Gasteiger partial charge in [0.2, 0.25) is 0 Å². The zero-order valence-electron chi connectivity index (χ0n) is 14.0. The number of thiocarbonyl (C=S) groups is 1. The number of benzene rings is 1. The number of aryl methyl sites for hydroxylation is 1. The normalized spacial score (nSPS) is 16.0. The minimum absolute atomic E-state index is 0.0789. The van der Waals surface area contributed by atoms with Crippen molar-refractivity contribution in [1.29, 1.82) is 0 Å². The molecule has 0 radical (unpaired) electrons. The Kier molecular flexibility index (Phi) is 6.57. The number of nitrogens with zero attached hydrogens (tertiary/aromatic N) is 2. The summed E-state index contributed by atoms with van der Waals surface area (Å²) in [5, 5.41) is 19.9. The lowest BCUT2D eigenvalue weighted by Gasteiger charge is -2.22. The Balaban J connectivity index is 2.25. The van der Waals surface area contributed by atoms with Crippen LogP contribution in [0, 0.1) is 6.92 Å². The molecule has 1 aromatic carbocycles. The molecule has 1 aromatic rings. The van der Waals surface area contributed by atoms with E-state index in [1.165, 1.54) is 0 Å². The summed E-state index contributed by atoms with van der Waals surface area (Å²) in [4.78, 5) is 26.5. The van der Waals surface area contributed by atoms with E-state index in [0.29, 0.717) is 11.4 Å². The molecule has 1 heterocycles. The molecule has 1 N–H and O–H groups in total. The second kappa shape index (κ2) is 8.46. The van der Waals surface area contributed by atoms with Crippen LogP contribution in [0.15, 0.2) is 23.1 Å². The van der Waals surface area contributed by atoms with Crippen molar-refractivity contribution in [3.05, 3.63) is 34.2 Å². The van der Waals surface area contributed by atoms with Crippen LogP contribution in [0.2, 0.25) is 0 Å². The predicted molar refractivity (Wildman–Crippen MR) is 101 cm³/mol. The molecule has 1 fully saturated rings. The highest BCUT2D eigenvalue weighted by molar-refractivity contribution is 8.26. The van der Waals surface area contributed by atoms with E-state index in [1.807, 2.05) is 32.0 Å². The van der Waals surface area contributed by atoms with Crippen LogP contribution >= 0.6 is 24.0 Å². The average Bonchev–Trinajstić information content (AvgIpc) is 2.81. The van der Waals surface area contributed by atoms with Gasteiger partial charge in [0.05, 0.1) is 24.0 Å². The zero-order chi connectivity index (χ0) is 18.6. The number of carbonyl (C=O) groups is 2. The third-order valence-electron chi connectivity index (χ3n) is 3.82. The van der Waals surface area contributed by atoms with Gasteiger partial charge in [0.25, 0.3) is 5.91 Å². The van der Waals surface area contributed by atoms with Crippen molar-refractivity contribution in [2.24, 2.45) is 0 Å². The molecule has 0 aliphatic carbocycles. The van der Waals surface area contributed by atoms with E-state index in [-0.39, 0.29) is 10.9 Å². The minimum atomic E-state index is -1.35. The van der Waals surface area contributed by atoms with Crippen molar-refractivity contribution in [2.75, 3.05) is 31.1 Å². The summed E-state index contributed by atoms with van der Waals surface area (Å²) in [6, 6.07) is 5.82. The van der Waals surface area contributed by atoms with E-state index in [9.17, 15) is 14.7 Å². The minimum Gasteiger partial charge on any atom is -0.548 e. The van der Waals surface area contributed by atoms with Crippen molar-refractivity contribution < 1.29 is 19.8 Å². The molecule has 1 amide bonds. The molecule has 0 saturated carbocycles. The molecule has 0 spiro atoms. The number of carboxylic acid groups (broad SMARTS) is 1. The number of hydrogen-bond donors (Lipinski definition) is 1. The van der Waals surface area contributed by atoms with E-state index in [1.54, 1.807) is 6.08 Å². The maximum absolute atomic E-state index is 12.3. The zero-order valence-corrected chi connectivity index (χ0v) is 15.7. The first-order valence-electron chi connectivity index (χ1n) is 7.79. The summed E-state index contributed by atoms with van der Waals surface area (Å²) in [5.41, 5.74) is 2.83. The molecule has 0 aromatic heterocycles. The smallest absolute Gasteiger partial charge is 0.266 e. The lowest BCUT2D eigenvalue weighted by atomic mass is 10.1. The average molecular weight is 379 g/mol. The van der Waals surface area contributed by atoms with Crippen molar-refractivity contribution in [2.45, 2.75) is 13.8 Å². The van der Waals surface area contributed by atoms with E-state index < -0.39 is 18.4 Å². The molecule has 1 aliphatic rings. The second-order valence-electron chi connectivity index (χ2n) is 5.48. The predicted octanol–water partition coefficient (Wildman–Crippen LogP) is 0.765. The summed E-state index contributed by atoms with van der Waals surface area (Å²) >= 11 is 6.15. The first-order chi connectivity index (χ1) is 11.9. The fourth-order valence-electron chi connectivity index (χ4n) is 2.52. The fraction of sp³-hybridized carbons (Fsp3) is 0.353. The van der Waals surface area contributed by atoms with Crippen LogP contribution in [0.25, 0.3) is 6.08 Å². The number of carboxylic acids is 1. The van der Waals surface area contributed by atoms with Crippen LogP contribution in [0.3, 0.4) is 0 Å². The van der Waals surface area contributed by atoms with E-state index in [2.05, 4.69) is 4.90 Å². The highest BCUT2D eigenvalue weighted by atomic mass is 32.2.